The van der Waals surface area contributed by atoms with Crippen LogP contribution in [0.25, 0.3) is 11.1 Å². The third kappa shape index (κ3) is 1.82. The van der Waals surface area contributed by atoms with Crippen LogP contribution in [0.3, 0.4) is 0 Å². The molecule has 3 aromatic rings. The molecule has 0 spiro atoms. The van der Waals surface area contributed by atoms with Gasteiger partial charge in [-0.05, 0) is 6.07 Å². The zero-order valence-corrected chi connectivity index (χ0v) is 9.76. The Morgan fingerprint density at radius 2 is 1.65 bits per heavy atom. The van der Waals surface area contributed by atoms with E-state index in [-0.39, 0.29) is 0 Å². The number of fused-ring (bicyclic) bond motifs is 1. The molecule has 1 aromatic heterocycles. The van der Waals surface area contributed by atoms with Gasteiger partial charge in [-0.3, -0.25) is 0 Å². The fraction of sp³-hybridized carbons (Fsp3) is 0.133. The first-order valence-corrected chi connectivity index (χ1v) is 5.76. The summed E-state index contributed by atoms with van der Waals surface area (Å²) in [6.07, 6.45) is 0. The molecule has 0 unspecified atom stereocenters. The molecule has 17 heavy (non-hydrogen) atoms. The van der Waals surface area contributed by atoms with Crippen LogP contribution in [0.1, 0.15) is 11.5 Å². The summed E-state index contributed by atoms with van der Waals surface area (Å²) in [5.74, 6) is 0.940. The number of rotatable bonds is 2. The van der Waals surface area contributed by atoms with Crippen molar-refractivity contribution in [3.63, 3.8) is 0 Å². The molecule has 2 nitrogen and oxygen atoms in total. The molecule has 0 aliphatic rings. The Bertz CT molecular complexity index is 640. The first-order chi connectivity index (χ1) is 8.34. The lowest BCUT2D eigenvalue weighted by atomic mass is 10.2. The second-order valence-electron chi connectivity index (χ2n) is 4.16. The van der Waals surface area contributed by atoms with Gasteiger partial charge in [0.1, 0.15) is 0 Å². The predicted octanol–water partition coefficient (Wildman–Crippen LogP) is 3.08. The van der Waals surface area contributed by atoms with Gasteiger partial charge in [0, 0.05) is 11.6 Å². The maximum Gasteiger partial charge on any atom is 0.345 e. The molecule has 0 saturated carbocycles. The number of hydrogen-bond acceptors (Lipinski definition) is 1. The van der Waals surface area contributed by atoms with Crippen LogP contribution in [0, 0.1) is 6.92 Å². The minimum Gasteiger partial charge on any atom is -0.402 e. The maximum atomic E-state index is 5.73. The fourth-order valence-electron chi connectivity index (χ4n) is 2.11. The molecule has 1 heterocycles. The van der Waals surface area contributed by atoms with E-state index < -0.39 is 0 Å². The minimum absolute atomic E-state index is 0.851. The van der Waals surface area contributed by atoms with Crippen LogP contribution in [0.15, 0.2) is 59.0 Å². The SMILES string of the molecule is Cc1oc2ccccc2[n+]1Cc1ccccc1. The summed E-state index contributed by atoms with van der Waals surface area (Å²) in [7, 11) is 0. The summed E-state index contributed by atoms with van der Waals surface area (Å²) in [5.41, 5.74) is 3.38. The van der Waals surface area contributed by atoms with Gasteiger partial charge in [-0.1, -0.05) is 42.5 Å². The molecular weight excluding hydrogens is 210 g/mol. The molecule has 0 N–H and O–H groups in total. The summed E-state index contributed by atoms with van der Waals surface area (Å²) in [5, 5.41) is 0. The molecule has 2 aromatic carbocycles. The third-order valence-electron chi connectivity index (χ3n) is 2.98. The van der Waals surface area contributed by atoms with E-state index in [2.05, 4.69) is 34.9 Å². The topological polar surface area (TPSA) is 17.0 Å². The van der Waals surface area contributed by atoms with Crippen LogP contribution in [0.5, 0.6) is 0 Å². The zero-order chi connectivity index (χ0) is 11.7. The van der Waals surface area contributed by atoms with Gasteiger partial charge in [0.05, 0.1) is 6.92 Å². The number of oxazole rings is 1. The van der Waals surface area contributed by atoms with E-state index in [9.17, 15) is 0 Å². The van der Waals surface area contributed by atoms with E-state index in [1.54, 1.807) is 0 Å². The molecule has 0 saturated heterocycles. The quantitative estimate of drug-likeness (QED) is 0.611. The zero-order valence-electron chi connectivity index (χ0n) is 9.76. The van der Waals surface area contributed by atoms with Crippen molar-refractivity contribution in [1.29, 1.82) is 0 Å². The Morgan fingerprint density at radius 1 is 0.941 bits per heavy atom. The summed E-state index contributed by atoms with van der Waals surface area (Å²) < 4.78 is 7.93. The second kappa shape index (κ2) is 4.06. The maximum absolute atomic E-state index is 5.73. The van der Waals surface area contributed by atoms with Gasteiger partial charge in [-0.2, -0.15) is 4.57 Å². The minimum atomic E-state index is 0.851. The largest absolute Gasteiger partial charge is 0.402 e. The molecule has 2 heteroatoms. The summed E-state index contributed by atoms with van der Waals surface area (Å²) >= 11 is 0. The van der Waals surface area contributed by atoms with Crippen molar-refractivity contribution in [1.82, 2.24) is 0 Å². The normalized spacial score (nSPS) is 10.9. The predicted molar refractivity (Wildman–Crippen MR) is 66.7 cm³/mol. The van der Waals surface area contributed by atoms with Crippen molar-refractivity contribution in [3.05, 3.63) is 66.1 Å². The van der Waals surface area contributed by atoms with E-state index in [4.69, 9.17) is 4.42 Å². The van der Waals surface area contributed by atoms with Gasteiger partial charge >= 0.3 is 5.89 Å². The van der Waals surface area contributed by atoms with Crippen molar-refractivity contribution in [2.75, 3.05) is 0 Å². The molecule has 3 rings (SSSR count). The molecule has 0 fully saturated rings. The van der Waals surface area contributed by atoms with E-state index in [1.165, 1.54) is 5.56 Å². The average Bonchev–Trinajstić information content (AvgIpc) is 2.68. The van der Waals surface area contributed by atoms with E-state index in [0.29, 0.717) is 0 Å². The van der Waals surface area contributed by atoms with Gasteiger partial charge < -0.3 is 4.42 Å². The molecular formula is C15H14NO+. The van der Waals surface area contributed by atoms with Gasteiger partial charge in [-0.25, -0.2) is 0 Å². The highest BCUT2D eigenvalue weighted by atomic mass is 16.3. The van der Waals surface area contributed by atoms with Crippen molar-refractivity contribution < 1.29 is 8.98 Å². The molecule has 0 aliphatic carbocycles. The average molecular weight is 224 g/mol. The second-order valence-corrected chi connectivity index (χ2v) is 4.16. The first kappa shape index (κ1) is 10.1. The monoisotopic (exact) mass is 224 g/mol. The highest BCUT2D eigenvalue weighted by Crippen LogP contribution is 2.13. The van der Waals surface area contributed by atoms with Crippen LogP contribution in [0.2, 0.25) is 0 Å². The number of hydrogen-bond donors (Lipinski definition) is 0. The van der Waals surface area contributed by atoms with Crippen molar-refractivity contribution in [2.45, 2.75) is 13.5 Å². The Hall–Kier alpha value is -2.09. The fourth-order valence-corrected chi connectivity index (χ4v) is 2.11. The number of aromatic nitrogens is 1. The number of para-hydroxylation sites is 2. The van der Waals surface area contributed by atoms with Gasteiger partial charge in [0.15, 0.2) is 6.54 Å². The highest BCUT2D eigenvalue weighted by Gasteiger charge is 2.18. The Kier molecular flexibility index (Phi) is 2.41. The molecule has 84 valence electrons. The van der Waals surface area contributed by atoms with Crippen LogP contribution in [-0.4, -0.2) is 0 Å². The third-order valence-corrected chi connectivity index (χ3v) is 2.98. The Balaban J connectivity index is 2.08. The van der Waals surface area contributed by atoms with Crippen molar-refractivity contribution >= 4 is 11.1 Å². The molecule has 0 radical (unpaired) electrons. The molecule has 0 bridgehead atoms. The lowest BCUT2D eigenvalue weighted by Crippen LogP contribution is -2.35. The standard InChI is InChI=1S/C15H14NO/c1-12-16(11-13-7-3-2-4-8-13)14-9-5-6-10-15(14)17-12/h2-10H,11H2,1H3/q+1. The summed E-state index contributed by atoms with van der Waals surface area (Å²) in [4.78, 5) is 0. The van der Waals surface area contributed by atoms with E-state index in [1.807, 2.05) is 31.2 Å². The number of benzene rings is 2. The number of aryl methyl sites for hydroxylation is 1. The van der Waals surface area contributed by atoms with Crippen molar-refractivity contribution in [2.24, 2.45) is 0 Å². The lowest BCUT2D eigenvalue weighted by molar-refractivity contribution is -0.674. The van der Waals surface area contributed by atoms with E-state index in [0.717, 1.165) is 23.5 Å². The number of nitrogens with zero attached hydrogens (tertiary/aromatic N) is 1. The molecule has 0 aliphatic heterocycles. The van der Waals surface area contributed by atoms with Crippen LogP contribution in [-0.2, 0) is 6.54 Å². The van der Waals surface area contributed by atoms with Crippen molar-refractivity contribution in [3.8, 4) is 0 Å². The Labute approximate surface area is 100 Å². The molecule has 0 amide bonds. The van der Waals surface area contributed by atoms with Crippen LogP contribution >= 0.6 is 0 Å². The Morgan fingerprint density at radius 3 is 2.47 bits per heavy atom. The van der Waals surface area contributed by atoms with E-state index >= 15 is 0 Å². The van der Waals surface area contributed by atoms with Crippen LogP contribution < -0.4 is 4.57 Å². The van der Waals surface area contributed by atoms with Crippen LogP contribution in [0.4, 0.5) is 0 Å². The summed E-state index contributed by atoms with van der Waals surface area (Å²) in [6, 6.07) is 18.6. The van der Waals surface area contributed by atoms with Gasteiger partial charge in [0.2, 0.25) is 5.58 Å². The molecule has 0 atom stereocenters. The smallest absolute Gasteiger partial charge is 0.345 e. The first-order valence-electron chi connectivity index (χ1n) is 5.76. The lowest BCUT2D eigenvalue weighted by Gasteiger charge is -1.95. The highest BCUT2D eigenvalue weighted by molar-refractivity contribution is 5.68. The summed E-state index contributed by atoms with van der Waals surface area (Å²) in [6.45, 7) is 2.85. The van der Waals surface area contributed by atoms with Gasteiger partial charge in [-0.15, -0.1) is 0 Å². The van der Waals surface area contributed by atoms with Gasteiger partial charge in [0.25, 0.3) is 5.52 Å².